The second-order valence-electron chi connectivity index (χ2n) is 7.38. The molecule has 182 valence electrons. The summed E-state index contributed by atoms with van der Waals surface area (Å²) in [4.78, 5) is 20.4. The van der Waals surface area contributed by atoms with Gasteiger partial charge in [0.25, 0.3) is 10.0 Å². The van der Waals surface area contributed by atoms with E-state index in [1.165, 1.54) is 30.3 Å². The number of anilines is 2. The van der Waals surface area contributed by atoms with Gasteiger partial charge in [0.05, 0.1) is 11.5 Å². The Balaban J connectivity index is 1.55. The van der Waals surface area contributed by atoms with E-state index < -0.39 is 15.9 Å². The van der Waals surface area contributed by atoms with Gasteiger partial charge in [-0.1, -0.05) is 12.1 Å². The summed E-state index contributed by atoms with van der Waals surface area (Å²) in [7, 11) is -3.87. The maximum absolute atomic E-state index is 12.6. The Kier molecular flexibility index (Phi) is 8.50. The van der Waals surface area contributed by atoms with Crippen LogP contribution in [0.15, 0.2) is 65.6 Å². The molecular weight excluding hydrogens is 486 g/mol. The highest BCUT2D eigenvalue weighted by Gasteiger charge is 2.16. The van der Waals surface area contributed by atoms with Crippen LogP contribution in [0.25, 0.3) is 6.08 Å². The molecule has 0 atom stereocenters. The minimum absolute atomic E-state index is 0.00637. The van der Waals surface area contributed by atoms with Crippen LogP contribution in [0.5, 0.6) is 5.75 Å². The number of aromatic nitrogens is 2. The molecule has 0 saturated heterocycles. The average molecular weight is 512 g/mol. The van der Waals surface area contributed by atoms with Crippen LogP contribution in [-0.2, 0) is 14.8 Å². The third-order valence-corrected chi connectivity index (χ3v) is 6.03. The lowest BCUT2D eigenvalue weighted by Gasteiger charge is -2.10. The number of sulfonamides is 1. The van der Waals surface area contributed by atoms with Crippen molar-refractivity contribution in [2.75, 3.05) is 16.6 Å². The average Bonchev–Trinajstić information content (AvgIpc) is 2.78. The summed E-state index contributed by atoms with van der Waals surface area (Å²) in [5.41, 5.74) is 2.64. The van der Waals surface area contributed by atoms with Crippen LogP contribution in [0.2, 0.25) is 0 Å². The van der Waals surface area contributed by atoms with Gasteiger partial charge in [0.15, 0.2) is 5.11 Å². The van der Waals surface area contributed by atoms with Crippen molar-refractivity contribution in [1.82, 2.24) is 15.3 Å². The topological polar surface area (TPSA) is 122 Å². The monoisotopic (exact) mass is 511 g/mol. The molecule has 0 bridgehead atoms. The number of aryl methyl sites for hydroxylation is 2. The summed E-state index contributed by atoms with van der Waals surface area (Å²) in [5, 5.41) is 5.46. The number of hydrogen-bond donors (Lipinski definition) is 3. The lowest BCUT2D eigenvalue weighted by Crippen LogP contribution is -2.32. The van der Waals surface area contributed by atoms with Crippen molar-refractivity contribution in [3.8, 4) is 5.75 Å². The van der Waals surface area contributed by atoms with Gasteiger partial charge in [0, 0.05) is 23.2 Å². The molecular formula is C24H25N5O4S2. The van der Waals surface area contributed by atoms with Gasteiger partial charge in [-0.25, -0.2) is 23.1 Å². The maximum Gasteiger partial charge on any atom is 0.264 e. The Bertz CT molecular complexity index is 1320. The molecule has 35 heavy (non-hydrogen) atoms. The van der Waals surface area contributed by atoms with Gasteiger partial charge in [-0.3, -0.25) is 10.1 Å². The van der Waals surface area contributed by atoms with Crippen molar-refractivity contribution in [1.29, 1.82) is 0 Å². The number of nitrogens with one attached hydrogen (secondary N) is 3. The first-order valence-corrected chi connectivity index (χ1v) is 12.5. The number of benzene rings is 2. The van der Waals surface area contributed by atoms with E-state index in [0.717, 1.165) is 11.3 Å². The lowest BCUT2D eigenvalue weighted by molar-refractivity contribution is -0.115. The van der Waals surface area contributed by atoms with E-state index in [-0.39, 0.29) is 16.0 Å². The van der Waals surface area contributed by atoms with Crippen molar-refractivity contribution in [2.24, 2.45) is 0 Å². The first-order valence-electron chi connectivity index (χ1n) is 10.6. The fourth-order valence-corrected chi connectivity index (χ4v) is 4.16. The molecule has 2 aromatic carbocycles. The number of rotatable bonds is 8. The molecule has 0 aliphatic rings. The maximum atomic E-state index is 12.6. The van der Waals surface area contributed by atoms with Crippen molar-refractivity contribution in [2.45, 2.75) is 25.7 Å². The molecule has 0 fully saturated rings. The molecule has 3 aromatic rings. The SMILES string of the molecule is CCOc1ccc(/C=C/C(=O)NC(=S)Nc2ccc(S(=O)(=O)Nc3nc(C)cc(C)n3)cc2)cc1. The summed E-state index contributed by atoms with van der Waals surface area (Å²) in [6, 6.07) is 14.9. The molecule has 0 aliphatic carbocycles. The minimum atomic E-state index is -3.87. The highest BCUT2D eigenvalue weighted by molar-refractivity contribution is 7.92. The van der Waals surface area contributed by atoms with Crippen molar-refractivity contribution >= 4 is 51.0 Å². The third-order valence-electron chi connectivity index (χ3n) is 4.49. The molecule has 1 heterocycles. The second kappa shape index (κ2) is 11.5. The molecule has 0 unspecified atom stereocenters. The Morgan fingerprint density at radius 3 is 2.26 bits per heavy atom. The molecule has 0 radical (unpaired) electrons. The lowest BCUT2D eigenvalue weighted by atomic mass is 10.2. The highest BCUT2D eigenvalue weighted by atomic mass is 32.2. The molecule has 3 rings (SSSR count). The van der Waals surface area contributed by atoms with Gasteiger partial charge >= 0.3 is 0 Å². The Hall–Kier alpha value is -3.83. The van der Waals surface area contributed by atoms with Gasteiger partial charge < -0.3 is 10.1 Å². The van der Waals surface area contributed by atoms with Crippen molar-refractivity contribution < 1.29 is 17.9 Å². The summed E-state index contributed by atoms with van der Waals surface area (Å²) >= 11 is 5.17. The number of thiocarbonyl (C=S) groups is 1. The summed E-state index contributed by atoms with van der Waals surface area (Å²) in [5.74, 6) is 0.354. The number of carbonyl (C=O) groups is 1. The molecule has 0 spiro atoms. The zero-order valence-corrected chi connectivity index (χ0v) is 21.0. The summed E-state index contributed by atoms with van der Waals surface area (Å²) in [6.45, 7) is 6.00. The van der Waals surface area contributed by atoms with Gasteiger partial charge in [0.1, 0.15) is 5.75 Å². The van der Waals surface area contributed by atoms with E-state index >= 15 is 0 Å². The molecule has 9 nitrogen and oxygen atoms in total. The zero-order valence-electron chi connectivity index (χ0n) is 19.4. The number of hydrogen-bond acceptors (Lipinski definition) is 7. The summed E-state index contributed by atoms with van der Waals surface area (Å²) < 4.78 is 33.0. The zero-order chi connectivity index (χ0) is 25.4. The molecule has 1 amide bonds. The summed E-state index contributed by atoms with van der Waals surface area (Å²) in [6.07, 6.45) is 3.01. The normalized spacial score (nSPS) is 11.2. The second-order valence-corrected chi connectivity index (χ2v) is 9.47. The van der Waals surface area contributed by atoms with Crippen LogP contribution in [0, 0.1) is 13.8 Å². The fourth-order valence-electron chi connectivity index (χ4n) is 3.00. The van der Waals surface area contributed by atoms with Crippen LogP contribution < -0.4 is 20.1 Å². The Morgan fingerprint density at radius 2 is 1.66 bits per heavy atom. The van der Waals surface area contributed by atoms with E-state index in [2.05, 4.69) is 25.3 Å². The first-order chi connectivity index (χ1) is 16.6. The van der Waals surface area contributed by atoms with E-state index in [0.29, 0.717) is 23.7 Å². The minimum Gasteiger partial charge on any atom is -0.494 e. The molecule has 11 heteroatoms. The number of nitrogens with zero attached hydrogens (tertiary/aromatic N) is 2. The third kappa shape index (κ3) is 7.87. The smallest absolute Gasteiger partial charge is 0.264 e. The largest absolute Gasteiger partial charge is 0.494 e. The van der Waals surface area contributed by atoms with E-state index in [1.807, 2.05) is 31.2 Å². The standard InChI is InChI=1S/C24H25N5O4S2/c1-4-33-20-10-5-18(6-11-20)7-14-22(30)28-24(34)27-19-8-12-21(13-9-19)35(31,32)29-23-25-16(2)15-17(3)26-23/h5-15H,4H2,1-3H3,(H,25,26,29)(H2,27,28,30,34)/b14-7+. The van der Waals surface area contributed by atoms with Crippen molar-refractivity contribution in [3.05, 3.63) is 77.6 Å². The predicted molar refractivity (Wildman–Crippen MR) is 140 cm³/mol. The van der Waals surface area contributed by atoms with E-state index in [9.17, 15) is 13.2 Å². The van der Waals surface area contributed by atoms with E-state index in [1.54, 1.807) is 26.0 Å². The van der Waals surface area contributed by atoms with Gasteiger partial charge in [-0.2, -0.15) is 0 Å². The van der Waals surface area contributed by atoms with Crippen LogP contribution in [-0.4, -0.2) is 36.0 Å². The van der Waals surface area contributed by atoms with Gasteiger partial charge in [-0.15, -0.1) is 0 Å². The number of ether oxygens (including phenoxy) is 1. The van der Waals surface area contributed by atoms with Crippen LogP contribution >= 0.6 is 12.2 Å². The predicted octanol–water partition coefficient (Wildman–Crippen LogP) is 3.82. The first kappa shape index (κ1) is 25.8. The Labute approximate surface area is 209 Å². The van der Waals surface area contributed by atoms with Crippen LogP contribution in [0.4, 0.5) is 11.6 Å². The highest BCUT2D eigenvalue weighted by Crippen LogP contribution is 2.17. The van der Waals surface area contributed by atoms with Gasteiger partial charge in [-0.05, 0) is 87.1 Å². The Morgan fingerprint density at radius 1 is 1.03 bits per heavy atom. The quantitative estimate of drug-likeness (QED) is 0.308. The fraction of sp³-hybridized carbons (Fsp3) is 0.167. The van der Waals surface area contributed by atoms with Crippen LogP contribution in [0.1, 0.15) is 23.9 Å². The molecule has 0 aliphatic heterocycles. The van der Waals surface area contributed by atoms with Gasteiger partial charge in [0.2, 0.25) is 11.9 Å². The van der Waals surface area contributed by atoms with Crippen molar-refractivity contribution in [3.63, 3.8) is 0 Å². The number of carbonyl (C=O) groups excluding carboxylic acids is 1. The molecule has 3 N–H and O–H groups in total. The molecule has 0 saturated carbocycles. The molecule has 1 aromatic heterocycles. The number of amides is 1. The van der Waals surface area contributed by atoms with Crippen LogP contribution in [0.3, 0.4) is 0 Å². The van der Waals surface area contributed by atoms with E-state index in [4.69, 9.17) is 17.0 Å².